The van der Waals surface area contributed by atoms with E-state index in [0.29, 0.717) is 6.42 Å². The molecule has 0 saturated heterocycles. The lowest BCUT2D eigenvalue weighted by atomic mass is 9.64. The summed E-state index contributed by atoms with van der Waals surface area (Å²) in [5.74, 6) is -0.0000869. The van der Waals surface area contributed by atoms with Crippen LogP contribution in [0.3, 0.4) is 0 Å². The van der Waals surface area contributed by atoms with Gasteiger partial charge in [-0.2, -0.15) is 0 Å². The van der Waals surface area contributed by atoms with Gasteiger partial charge in [0.2, 0.25) is 0 Å². The van der Waals surface area contributed by atoms with Crippen LogP contribution in [0.4, 0.5) is 0 Å². The number of aromatic nitrogens is 1. The molecule has 1 heterocycles. The molecule has 1 aromatic heterocycles. The number of carbonyl (C=O) groups is 1. The maximum Gasteiger partial charge on any atom is 0.137 e. The van der Waals surface area contributed by atoms with Crippen molar-refractivity contribution in [2.24, 2.45) is 5.92 Å². The first-order valence-corrected chi connectivity index (χ1v) is 7.14. The highest BCUT2D eigenvalue weighted by molar-refractivity contribution is 5.82. The molecule has 0 aliphatic heterocycles. The zero-order valence-corrected chi connectivity index (χ0v) is 12.5. The van der Waals surface area contributed by atoms with Crippen LogP contribution in [0.2, 0.25) is 0 Å². The van der Waals surface area contributed by atoms with Crippen LogP contribution in [-0.2, 0) is 11.2 Å². The molecular formula is C17H19NO3. The average molecular weight is 285 g/mol. The van der Waals surface area contributed by atoms with Crippen LogP contribution in [-0.4, -0.2) is 21.6 Å². The van der Waals surface area contributed by atoms with E-state index in [1.54, 1.807) is 13.8 Å². The van der Waals surface area contributed by atoms with Crippen molar-refractivity contribution in [3.8, 4) is 0 Å². The summed E-state index contributed by atoms with van der Waals surface area (Å²) in [5, 5.41) is 14.9. The molecule has 0 fully saturated rings. The molecule has 1 aliphatic carbocycles. The standard InChI is InChI=1S/C17H19NO3/c1-10(19)16-15(12-7-5-4-6-8-12)14-11(2)21-18-13(14)9-17(16,3)20/h4-8,15-16,20H,9H2,1-3H3/t15-,16-,17-/m1/s1. The van der Waals surface area contributed by atoms with Crippen molar-refractivity contribution in [3.05, 3.63) is 52.9 Å². The fraction of sp³-hybridized carbons (Fsp3) is 0.412. The lowest BCUT2D eigenvalue weighted by molar-refractivity contribution is -0.130. The minimum absolute atomic E-state index is 0.0138. The lowest BCUT2D eigenvalue weighted by Gasteiger charge is -2.40. The van der Waals surface area contributed by atoms with E-state index in [4.69, 9.17) is 4.52 Å². The summed E-state index contributed by atoms with van der Waals surface area (Å²) in [6.45, 7) is 5.11. The number of carbonyl (C=O) groups excluding carboxylic acids is 1. The molecule has 0 saturated carbocycles. The van der Waals surface area contributed by atoms with Crippen LogP contribution >= 0.6 is 0 Å². The SMILES string of the molecule is CC(=O)[C@@H]1[C@H](c2ccccc2)c2c(noc2C)C[C@@]1(C)O. The summed E-state index contributed by atoms with van der Waals surface area (Å²) in [5.41, 5.74) is 1.59. The van der Waals surface area contributed by atoms with Gasteiger partial charge in [-0.1, -0.05) is 35.5 Å². The summed E-state index contributed by atoms with van der Waals surface area (Å²) < 4.78 is 5.32. The highest BCUT2D eigenvalue weighted by atomic mass is 16.5. The third-order valence-corrected chi connectivity index (χ3v) is 4.42. The second kappa shape index (κ2) is 4.81. The molecule has 0 unspecified atom stereocenters. The molecule has 2 aromatic rings. The van der Waals surface area contributed by atoms with E-state index < -0.39 is 11.5 Å². The average Bonchev–Trinajstić information content (AvgIpc) is 2.77. The molecule has 110 valence electrons. The quantitative estimate of drug-likeness (QED) is 0.921. The molecule has 0 radical (unpaired) electrons. The predicted octanol–water partition coefficient (Wildman–Crippen LogP) is 2.63. The molecule has 21 heavy (non-hydrogen) atoms. The van der Waals surface area contributed by atoms with Crippen molar-refractivity contribution in [1.82, 2.24) is 5.16 Å². The molecule has 0 amide bonds. The van der Waals surface area contributed by atoms with Gasteiger partial charge in [0, 0.05) is 17.9 Å². The van der Waals surface area contributed by atoms with E-state index in [1.807, 2.05) is 37.3 Å². The third kappa shape index (κ3) is 2.20. The van der Waals surface area contributed by atoms with E-state index in [9.17, 15) is 9.90 Å². The number of hydrogen-bond donors (Lipinski definition) is 1. The maximum absolute atomic E-state index is 12.2. The van der Waals surface area contributed by atoms with Crippen LogP contribution in [0, 0.1) is 12.8 Å². The monoisotopic (exact) mass is 285 g/mol. The van der Waals surface area contributed by atoms with Crippen molar-refractivity contribution in [3.63, 3.8) is 0 Å². The fourth-order valence-electron chi connectivity index (χ4n) is 3.62. The number of Topliss-reactive ketones (excluding diaryl/α,β-unsaturated/α-hetero) is 1. The number of hydrogen-bond acceptors (Lipinski definition) is 4. The molecule has 4 nitrogen and oxygen atoms in total. The Kier molecular flexibility index (Phi) is 3.21. The van der Waals surface area contributed by atoms with Crippen LogP contribution in [0.15, 0.2) is 34.9 Å². The van der Waals surface area contributed by atoms with E-state index in [0.717, 1.165) is 22.6 Å². The molecule has 0 bridgehead atoms. The van der Waals surface area contributed by atoms with Crippen molar-refractivity contribution in [2.45, 2.75) is 38.7 Å². The first-order chi connectivity index (χ1) is 9.92. The molecule has 3 rings (SSSR count). The van der Waals surface area contributed by atoms with Gasteiger partial charge in [0.1, 0.15) is 11.5 Å². The minimum Gasteiger partial charge on any atom is -0.389 e. The molecule has 1 aliphatic rings. The number of fused-ring (bicyclic) bond motifs is 1. The fourth-order valence-corrected chi connectivity index (χ4v) is 3.62. The van der Waals surface area contributed by atoms with E-state index >= 15 is 0 Å². The van der Waals surface area contributed by atoms with Gasteiger partial charge in [-0.3, -0.25) is 4.79 Å². The van der Waals surface area contributed by atoms with Gasteiger partial charge in [-0.05, 0) is 26.3 Å². The van der Waals surface area contributed by atoms with Crippen LogP contribution in [0.5, 0.6) is 0 Å². The van der Waals surface area contributed by atoms with Gasteiger partial charge in [-0.25, -0.2) is 0 Å². The summed E-state index contributed by atoms with van der Waals surface area (Å²) in [6.07, 6.45) is 0.341. The smallest absolute Gasteiger partial charge is 0.137 e. The Morgan fingerprint density at radius 3 is 2.67 bits per heavy atom. The molecule has 1 aromatic carbocycles. The van der Waals surface area contributed by atoms with Crippen LogP contribution < -0.4 is 0 Å². The predicted molar refractivity (Wildman–Crippen MR) is 78.0 cm³/mol. The topological polar surface area (TPSA) is 63.3 Å². The summed E-state index contributed by atoms with van der Waals surface area (Å²) in [6, 6.07) is 9.79. The summed E-state index contributed by atoms with van der Waals surface area (Å²) >= 11 is 0. The first kappa shape index (κ1) is 14.0. The molecule has 4 heteroatoms. The Bertz CT molecular complexity index is 673. The second-order valence-electron chi connectivity index (χ2n) is 6.11. The number of benzene rings is 1. The van der Waals surface area contributed by atoms with Crippen molar-refractivity contribution >= 4 is 5.78 Å². The van der Waals surface area contributed by atoms with Crippen LogP contribution in [0.1, 0.15) is 42.3 Å². The zero-order valence-electron chi connectivity index (χ0n) is 12.5. The zero-order chi connectivity index (χ0) is 15.2. The third-order valence-electron chi connectivity index (χ3n) is 4.42. The largest absolute Gasteiger partial charge is 0.389 e. The second-order valence-corrected chi connectivity index (χ2v) is 6.11. The Morgan fingerprint density at radius 2 is 2.05 bits per heavy atom. The highest BCUT2D eigenvalue weighted by Crippen LogP contribution is 2.46. The van der Waals surface area contributed by atoms with Crippen LogP contribution in [0.25, 0.3) is 0 Å². The number of rotatable bonds is 2. The number of aryl methyl sites for hydroxylation is 1. The highest BCUT2D eigenvalue weighted by Gasteiger charge is 2.49. The first-order valence-electron chi connectivity index (χ1n) is 7.14. The van der Waals surface area contributed by atoms with E-state index in [2.05, 4.69) is 5.16 Å². The Morgan fingerprint density at radius 1 is 1.38 bits per heavy atom. The number of aliphatic hydroxyl groups is 1. The van der Waals surface area contributed by atoms with Gasteiger partial charge >= 0.3 is 0 Å². The maximum atomic E-state index is 12.2. The number of ketones is 1. The van der Waals surface area contributed by atoms with Crippen molar-refractivity contribution in [2.75, 3.05) is 0 Å². The van der Waals surface area contributed by atoms with Gasteiger partial charge in [0.25, 0.3) is 0 Å². The number of nitrogens with zero attached hydrogens (tertiary/aromatic N) is 1. The van der Waals surface area contributed by atoms with Gasteiger partial charge < -0.3 is 9.63 Å². The van der Waals surface area contributed by atoms with Crippen molar-refractivity contribution < 1.29 is 14.4 Å². The summed E-state index contributed by atoms with van der Waals surface area (Å²) in [4.78, 5) is 12.2. The molecule has 0 spiro atoms. The molecule has 1 N–H and O–H groups in total. The van der Waals surface area contributed by atoms with Gasteiger partial charge in [-0.15, -0.1) is 0 Å². The van der Waals surface area contributed by atoms with E-state index in [-0.39, 0.29) is 11.7 Å². The Hall–Kier alpha value is -1.94. The minimum atomic E-state index is -1.12. The van der Waals surface area contributed by atoms with E-state index in [1.165, 1.54) is 0 Å². The summed E-state index contributed by atoms with van der Waals surface area (Å²) in [7, 11) is 0. The van der Waals surface area contributed by atoms with Crippen molar-refractivity contribution in [1.29, 1.82) is 0 Å². The molecule has 3 atom stereocenters. The van der Waals surface area contributed by atoms with Gasteiger partial charge in [0.05, 0.1) is 17.2 Å². The normalized spacial score (nSPS) is 28.2. The lowest BCUT2D eigenvalue weighted by Crippen LogP contribution is -2.48. The molecular weight excluding hydrogens is 266 g/mol. The Balaban J connectivity index is 2.24. The Labute approximate surface area is 123 Å². The van der Waals surface area contributed by atoms with Gasteiger partial charge in [0.15, 0.2) is 0 Å².